The number of aromatic nitrogens is 4. The van der Waals surface area contributed by atoms with Crippen molar-refractivity contribution in [2.24, 2.45) is 0 Å². The minimum atomic E-state index is -0.324. The molecule has 4 aliphatic rings. The second-order valence-corrected chi connectivity index (χ2v) is 9.59. The van der Waals surface area contributed by atoms with Gasteiger partial charge in [0, 0.05) is 34.4 Å². The van der Waals surface area contributed by atoms with Gasteiger partial charge in [-0.1, -0.05) is 0 Å². The van der Waals surface area contributed by atoms with Crippen molar-refractivity contribution in [2.75, 3.05) is 14.2 Å². The Kier molecular flexibility index (Phi) is 6.01. The number of hydrogen-bond acceptors (Lipinski definition) is 8. The molecule has 2 saturated carbocycles. The van der Waals surface area contributed by atoms with Gasteiger partial charge in [0.05, 0.1) is 26.5 Å². The van der Waals surface area contributed by atoms with Crippen LogP contribution in [0, 0.1) is 0 Å². The molecule has 10 nitrogen and oxygen atoms in total. The first-order valence-corrected chi connectivity index (χ1v) is 11.9. The summed E-state index contributed by atoms with van der Waals surface area (Å²) in [6, 6.07) is 0. The molecule has 2 heterocycles. The number of ether oxygens (including phenoxy) is 2. The fraction of sp³-hybridized carbons (Fsp3) is 0.625. The number of rotatable bonds is 6. The van der Waals surface area contributed by atoms with E-state index in [0.29, 0.717) is 29.4 Å². The Morgan fingerprint density at radius 3 is 1.91 bits per heavy atom. The molecule has 0 spiro atoms. The molecule has 4 unspecified atom stereocenters. The smallest absolute Gasteiger partial charge is 0.327 e. The highest BCUT2D eigenvalue weighted by molar-refractivity contribution is 5.77. The Hall–Kier alpha value is -3.01. The molecule has 0 saturated heterocycles. The summed E-state index contributed by atoms with van der Waals surface area (Å²) >= 11 is 0. The molecule has 2 aromatic rings. The number of esters is 2. The lowest BCUT2D eigenvalue weighted by molar-refractivity contribution is -0.142. The van der Waals surface area contributed by atoms with E-state index < -0.39 is 0 Å². The molecule has 1 N–H and O–H groups in total. The number of aliphatic hydroxyl groups is 1. The summed E-state index contributed by atoms with van der Waals surface area (Å²) in [6.45, 7) is 0.220. The van der Waals surface area contributed by atoms with Gasteiger partial charge in [-0.25, -0.2) is 0 Å². The highest BCUT2D eigenvalue weighted by atomic mass is 16.5. The van der Waals surface area contributed by atoms with E-state index in [0.717, 1.165) is 54.6 Å². The van der Waals surface area contributed by atoms with E-state index in [1.165, 1.54) is 32.6 Å². The van der Waals surface area contributed by atoms with E-state index in [1.54, 1.807) is 9.36 Å². The predicted octanol–water partition coefficient (Wildman–Crippen LogP) is 2.15. The molecule has 0 aliphatic heterocycles. The van der Waals surface area contributed by atoms with Crippen LogP contribution in [0.25, 0.3) is 0 Å². The summed E-state index contributed by atoms with van der Waals surface area (Å²) in [4.78, 5) is 33.7. The van der Waals surface area contributed by atoms with E-state index in [-0.39, 0.29) is 31.6 Å². The summed E-state index contributed by atoms with van der Waals surface area (Å²) in [5.74, 6) is 1.40. The molecule has 34 heavy (non-hydrogen) atoms. The van der Waals surface area contributed by atoms with E-state index in [1.807, 2.05) is 0 Å². The van der Waals surface area contributed by atoms with Gasteiger partial charge in [-0.2, -0.15) is 10.2 Å². The average molecular weight is 471 g/mol. The molecular formula is C24H30N4O6. The van der Waals surface area contributed by atoms with Crippen molar-refractivity contribution in [2.45, 2.75) is 81.9 Å². The molecule has 4 atom stereocenters. The number of carbonyl (C=O) groups excluding carboxylic acids is 3. The van der Waals surface area contributed by atoms with Crippen molar-refractivity contribution >= 4 is 18.2 Å². The van der Waals surface area contributed by atoms with E-state index in [2.05, 4.69) is 19.7 Å². The van der Waals surface area contributed by atoms with Crippen molar-refractivity contribution in [3.05, 3.63) is 33.9 Å². The Morgan fingerprint density at radius 1 is 0.882 bits per heavy atom. The predicted molar refractivity (Wildman–Crippen MR) is 118 cm³/mol. The molecule has 2 fully saturated rings. The molecule has 4 bridgehead atoms. The molecule has 0 radical (unpaired) electrons. The van der Waals surface area contributed by atoms with Crippen LogP contribution >= 0.6 is 0 Å². The van der Waals surface area contributed by atoms with Gasteiger partial charge in [0.25, 0.3) is 0 Å². The Labute approximate surface area is 197 Å². The van der Waals surface area contributed by atoms with E-state index in [9.17, 15) is 19.5 Å². The number of aldehydes is 1. The number of methoxy groups -OCH3 is 2. The number of aliphatic hydroxyl groups excluding tert-OH is 1. The van der Waals surface area contributed by atoms with Crippen LogP contribution in [-0.2, 0) is 38.8 Å². The third-order valence-electron chi connectivity index (χ3n) is 7.89. The SMILES string of the molecule is COC(=O)Cn1nc(C=O)c2c1C1CCC2C1.COC(=O)Cn1nc(CO)c2c1C1CCC2C1. The molecule has 182 valence electrons. The average Bonchev–Trinajstić information content (AvgIpc) is 3.67. The zero-order valence-corrected chi connectivity index (χ0v) is 19.5. The summed E-state index contributed by atoms with van der Waals surface area (Å²) < 4.78 is 12.7. The van der Waals surface area contributed by atoms with Crippen LogP contribution < -0.4 is 0 Å². The number of carbonyl (C=O) groups is 3. The van der Waals surface area contributed by atoms with E-state index >= 15 is 0 Å². The monoisotopic (exact) mass is 470 g/mol. The molecule has 10 heteroatoms. The van der Waals surface area contributed by atoms with Crippen molar-refractivity contribution < 1.29 is 29.0 Å². The zero-order chi connectivity index (χ0) is 24.0. The number of nitrogens with zero attached hydrogens (tertiary/aromatic N) is 4. The lowest BCUT2D eigenvalue weighted by Gasteiger charge is -2.13. The van der Waals surface area contributed by atoms with Crippen molar-refractivity contribution in [3.63, 3.8) is 0 Å². The molecule has 0 aromatic carbocycles. The number of hydrogen-bond donors (Lipinski definition) is 1. The normalized spacial score (nSPS) is 24.9. The first-order valence-electron chi connectivity index (χ1n) is 11.9. The third-order valence-corrected chi connectivity index (χ3v) is 7.89. The maximum Gasteiger partial charge on any atom is 0.327 e. The minimum Gasteiger partial charge on any atom is -0.468 e. The maximum absolute atomic E-state index is 11.3. The van der Waals surface area contributed by atoms with Crippen molar-refractivity contribution in [1.29, 1.82) is 0 Å². The quantitative estimate of drug-likeness (QED) is 0.503. The van der Waals surface area contributed by atoms with Crippen LogP contribution in [0.5, 0.6) is 0 Å². The first kappa shape index (κ1) is 22.8. The van der Waals surface area contributed by atoms with Gasteiger partial charge in [-0.15, -0.1) is 0 Å². The fourth-order valence-electron chi connectivity index (χ4n) is 6.58. The van der Waals surface area contributed by atoms with Crippen LogP contribution in [0.1, 0.15) is 101 Å². The Morgan fingerprint density at radius 2 is 1.38 bits per heavy atom. The lowest BCUT2D eigenvalue weighted by Crippen LogP contribution is -2.16. The number of fused-ring (bicyclic) bond motifs is 10. The van der Waals surface area contributed by atoms with Gasteiger partial charge in [-0.05, 0) is 50.4 Å². The molecule has 2 aromatic heterocycles. The Bertz CT molecular complexity index is 1140. The summed E-state index contributed by atoms with van der Waals surface area (Å²) in [7, 11) is 2.74. The van der Waals surface area contributed by atoms with Crippen LogP contribution in [-0.4, -0.2) is 57.1 Å². The highest BCUT2D eigenvalue weighted by Crippen LogP contribution is 2.55. The molecule has 0 amide bonds. The van der Waals surface area contributed by atoms with Crippen LogP contribution in [0.3, 0.4) is 0 Å². The van der Waals surface area contributed by atoms with Gasteiger partial charge >= 0.3 is 11.9 Å². The summed E-state index contributed by atoms with van der Waals surface area (Å²) in [5.41, 5.74) is 5.80. The van der Waals surface area contributed by atoms with Crippen LogP contribution in [0.2, 0.25) is 0 Å². The van der Waals surface area contributed by atoms with Gasteiger partial charge in [0.15, 0.2) is 6.29 Å². The highest BCUT2D eigenvalue weighted by Gasteiger charge is 2.43. The minimum absolute atomic E-state index is 0.0419. The van der Waals surface area contributed by atoms with Crippen LogP contribution in [0.4, 0.5) is 0 Å². The van der Waals surface area contributed by atoms with Gasteiger partial charge in [-0.3, -0.25) is 23.7 Å². The maximum atomic E-state index is 11.3. The van der Waals surface area contributed by atoms with Gasteiger partial charge in [0.1, 0.15) is 18.8 Å². The lowest BCUT2D eigenvalue weighted by atomic mass is 9.95. The van der Waals surface area contributed by atoms with Gasteiger partial charge in [0.2, 0.25) is 0 Å². The molecule has 4 aliphatic carbocycles. The second-order valence-electron chi connectivity index (χ2n) is 9.59. The first-order chi connectivity index (χ1) is 16.5. The van der Waals surface area contributed by atoms with Crippen LogP contribution in [0.15, 0.2) is 0 Å². The zero-order valence-electron chi connectivity index (χ0n) is 19.5. The van der Waals surface area contributed by atoms with Crippen molar-refractivity contribution in [1.82, 2.24) is 19.6 Å². The van der Waals surface area contributed by atoms with Crippen molar-refractivity contribution in [3.8, 4) is 0 Å². The van der Waals surface area contributed by atoms with E-state index in [4.69, 9.17) is 0 Å². The summed E-state index contributed by atoms with van der Waals surface area (Å²) in [5, 5.41) is 17.9. The van der Waals surface area contributed by atoms with Gasteiger partial charge < -0.3 is 14.6 Å². The third kappa shape index (κ3) is 3.64. The topological polar surface area (TPSA) is 126 Å². The second kappa shape index (κ2) is 8.98. The molecular weight excluding hydrogens is 440 g/mol. The fourth-order valence-corrected chi connectivity index (χ4v) is 6.58. The Balaban J connectivity index is 0.000000142. The largest absolute Gasteiger partial charge is 0.468 e. The standard InChI is InChI=1S/C12H16N2O3.C12H14N2O3/c2*1-17-10(16)5-14-12-8-3-2-7(4-8)11(12)9(6-15)13-14/h7-8,15H,2-6H2,1H3;6-8H,2-5H2,1H3. The molecule has 6 rings (SSSR count). The summed E-state index contributed by atoms with van der Waals surface area (Å²) in [6.07, 6.45) is 7.71.